The topological polar surface area (TPSA) is 46.9 Å². The van der Waals surface area contributed by atoms with Gasteiger partial charge in [-0.15, -0.1) is 0 Å². The zero-order chi connectivity index (χ0) is 15.5. The second-order valence-electron chi connectivity index (χ2n) is 5.55. The summed E-state index contributed by atoms with van der Waals surface area (Å²) in [6.45, 7) is 0.728. The second-order valence-corrected chi connectivity index (χ2v) is 5.55. The summed E-state index contributed by atoms with van der Waals surface area (Å²) in [5, 5.41) is 2.99. The molecule has 0 saturated carbocycles. The fraction of sp³-hybridized carbons (Fsp3) is 0.375. The Morgan fingerprint density at radius 3 is 3.05 bits per heavy atom. The molecule has 4 nitrogen and oxygen atoms in total. The minimum atomic E-state index is -0.877. The van der Waals surface area contributed by atoms with Crippen LogP contribution in [0.3, 0.4) is 0 Å². The maximum absolute atomic E-state index is 13.1. The van der Waals surface area contributed by atoms with Gasteiger partial charge in [0.1, 0.15) is 5.82 Å². The Labute approximate surface area is 127 Å². The van der Waals surface area contributed by atoms with Crippen molar-refractivity contribution in [3.05, 3.63) is 53.6 Å². The molecule has 0 unspecified atom stereocenters. The van der Waals surface area contributed by atoms with E-state index in [1.165, 1.54) is 6.07 Å². The molecule has 1 aliphatic heterocycles. The van der Waals surface area contributed by atoms with Crippen LogP contribution in [0.25, 0.3) is 0 Å². The van der Waals surface area contributed by atoms with Gasteiger partial charge >= 0.3 is 0 Å². The van der Waals surface area contributed by atoms with Crippen molar-refractivity contribution in [1.29, 1.82) is 0 Å². The molecule has 0 bridgehead atoms. The second kappa shape index (κ2) is 6.25. The number of carbonyl (C=O) groups excluding carboxylic acids is 1. The minimum absolute atomic E-state index is 0.0710. The van der Waals surface area contributed by atoms with Gasteiger partial charge in [-0.05, 0) is 30.5 Å². The molecule has 3 rings (SSSR count). The van der Waals surface area contributed by atoms with E-state index in [-0.39, 0.29) is 18.4 Å². The molecule has 1 aromatic heterocycles. The Morgan fingerprint density at radius 1 is 1.36 bits per heavy atom. The predicted molar refractivity (Wildman–Crippen MR) is 77.2 cm³/mol. The molecule has 2 aromatic rings. The monoisotopic (exact) mass is 305 g/mol. The highest BCUT2D eigenvalue weighted by Gasteiger charge is 2.20. The van der Waals surface area contributed by atoms with Crippen LogP contribution in [0.2, 0.25) is 0 Å². The van der Waals surface area contributed by atoms with E-state index in [0.29, 0.717) is 12.0 Å². The number of halogens is 2. The highest BCUT2D eigenvalue weighted by molar-refractivity contribution is 5.76. The molecular formula is C16H17F2N3O. The molecule has 1 atom stereocenters. The maximum Gasteiger partial charge on any atom is 0.220 e. The van der Waals surface area contributed by atoms with Gasteiger partial charge < -0.3 is 9.88 Å². The van der Waals surface area contributed by atoms with Crippen LogP contribution in [0.15, 0.2) is 30.6 Å². The molecule has 116 valence electrons. The third-order valence-corrected chi connectivity index (χ3v) is 3.93. The lowest BCUT2D eigenvalue weighted by molar-refractivity contribution is -0.122. The van der Waals surface area contributed by atoms with Gasteiger partial charge in [0.05, 0.1) is 0 Å². The van der Waals surface area contributed by atoms with Crippen LogP contribution in [0.5, 0.6) is 0 Å². The van der Waals surface area contributed by atoms with E-state index in [9.17, 15) is 13.6 Å². The number of hydrogen-bond donors (Lipinski definition) is 1. The predicted octanol–water partition coefficient (Wildman–Crippen LogP) is 2.23. The van der Waals surface area contributed by atoms with Crippen LogP contribution in [0.1, 0.15) is 24.2 Å². The molecule has 1 N–H and O–H groups in total. The summed E-state index contributed by atoms with van der Waals surface area (Å²) in [7, 11) is 0. The lowest BCUT2D eigenvalue weighted by atomic mass is 10.1. The van der Waals surface area contributed by atoms with Crippen LogP contribution in [-0.2, 0) is 24.2 Å². The average molecular weight is 305 g/mol. The van der Waals surface area contributed by atoms with Crippen molar-refractivity contribution in [2.75, 3.05) is 0 Å². The highest BCUT2D eigenvalue weighted by atomic mass is 19.2. The standard InChI is InChI=1S/C16H17F2N3O/c17-13-4-1-11(9-14(13)18)2-6-16(22)20-12-3-5-15-19-7-8-21(15)10-12/h1,4,7-9,12H,2-3,5-6,10H2,(H,20,22)/t12-/m0/s1. The van der Waals surface area contributed by atoms with E-state index in [4.69, 9.17) is 0 Å². The third-order valence-electron chi connectivity index (χ3n) is 3.93. The first-order valence-corrected chi connectivity index (χ1v) is 7.35. The molecule has 0 fully saturated rings. The Balaban J connectivity index is 1.50. The van der Waals surface area contributed by atoms with E-state index >= 15 is 0 Å². The van der Waals surface area contributed by atoms with E-state index in [1.807, 2.05) is 10.8 Å². The lowest BCUT2D eigenvalue weighted by Gasteiger charge is -2.24. The van der Waals surface area contributed by atoms with E-state index in [0.717, 1.165) is 37.3 Å². The summed E-state index contributed by atoms with van der Waals surface area (Å²) in [5.41, 5.74) is 0.620. The number of aryl methyl sites for hydroxylation is 2. The molecule has 1 aliphatic rings. The van der Waals surface area contributed by atoms with Gasteiger partial charge in [-0.1, -0.05) is 6.07 Å². The molecule has 0 spiro atoms. The summed E-state index contributed by atoms with van der Waals surface area (Å²) < 4.78 is 28.0. The fourth-order valence-corrected chi connectivity index (χ4v) is 2.74. The molecule has 0 saturated heterocycles. The third kappa shape index (κ3) is 3.32. The number of hydrogen-bond acceptors (Lipinski definition) is 2. The molecule has 22 heavy (non-hydrogen) atoms. The first kappa shape index (κ1) is 14.7. The molecule has 2 heterocycles. The fourth-order valence-electron chi connectivity index (χ4n) is 2.74. The number of nitrogens with zero attached hydrogens (tertiary/aromatic N) is 2. The Morgan fingerprint density at radius 2 is 2.23 bits per heavy atom. The van der Waals surface area contributed by atoms with Crippen molar-refractivity contribution >= 4 is 5.91 Å². The van der Waals surface area contributed by atoms with Gasteiger partial charge in [0.25, 0.3) is 0 Å². The summed E-state index contributed by atoms with van der Waals surface area (Å²) in [5.74, 6) is -0.769. The largest absolute Gasteiger partial charge is 0.352 e. The molecular weight excluding hydrogens is 288 g/mol. The van der Waals surface area contributed by atoms with Gasteiger partial charge in [-0.25, -0.2) is 13.8 Å². The molecule has 0 radical (unpaired) electrons. The zero-order valence-electron chi connectivity index (χ0n) is 12.1. The highest BCUT2D eigenvalue weighted by Crippen LogP contribution is 2.14. The SMILES string of the molecule is O=C(CCc1ccc(F)c(F)c1)N[C@H]1CCc2nccn2C1. The van der Waals surface area contributed by atoms with Gasteiger partial charge in [0, 0.05) is 37.8 Å². The van der Waals surface area contributed by atoms with Gasteiger partial charge in [-0.2, -0.15) is 0 Å². The molecule has 0 aliphatic carbocycles. The van der Waals surface area contributed by atoms with Crippen molar-refractivity contribution < 1.29 is 13.6 Å². The van der Waals surface area contributed by atoms with Gasteiger partial charge in [-0.3, -0.25) is 4.79 Å². The number of rotatable bonds is 4. The normalized spacial score (nSPS) is 17.1. The zero-order valence-corrected chi connectivity index (χ0v) is 12.1. The van der Waals surface area contributed by atoms with Crippen molar-refractivity contribution in [1.82, 2.24) is 14.9 Å². The van der Waals surface area contributed by atoms with Crippen LogP contribution < -0.4 is 5.32 Å². The van der Waals surface area contributed by atoms with E-state index in [1.54, 1.807) is 6.20 Å². The number of nitrogens with one attached hydrogen (secondary N) is 1. The number of aromatic nitrogens is 2. The van der Waals surface area contributed by atoms with E-state index in [2.05, 4.69) is 10.3 Å². The Bertz CT molecular complexity index is 684. The molecule has 6 heteroatoms. The van der Waals surface area contributed by atoms with Crippen molar-refractivity contribution in [3.8, 4) is 0 Å². The molecule has 1 aromatic carbocycles. The van der Waals surface area contributed by atoms with Crippen LogP contribution >= 0.6 is 0 Å². The van der Waals surface area contributed by atoms with E-state index < -0.39 is 11.6 Å². The van der Waals surface area contributed by atoms with Gasteiger partial charge in [0.15, 0.2) is 11.6 Å². The Kier molecular flexibility index (Phi) is 4.18. The number of amides is 1. The Hall–Kier alpha value is -2.24. The maximum atomic E-state index is 13.1. The number of imidazole rings is 1. The van der Waals surface area contributed by atoms with Gasteiger partial charge in [0.2, 0.25) is 5.91 Å². The summed E-state index contributed by atoms with van der Waals surface area (Å²) in [4.78, 5) is 16.2. The van der Waals surface area contributed by atoms with Crippen LogP contribution in [0, 0.1) is 11.6 Å². The van der Waals surface area contributed by atoms with Crippen LogP contribution in [0.4, 0.5) is 8.78 Å². The van der Waals surface area contributed by atoms with Crippen molar-refractivity contribution in [3.63, 3.8) is 0 Å². The summed E-state index contributed by atoms with van der Waals surface area (Å²) in [6, 6.07) is 3.83. The lowest BCUT2D eigenvalue weighted by Crippen LogP contribution is -2.40. The smallest absolute Gasteiger partial charge is 0.220 e. The van der Waals surface area contributed by atoms with Crippen molar-refractivity contribution in [2.45, 2.75) is 38.3 Å². The summed E-state index contributed by atoms with van der Waals surface area (Å²) >= 11 is 0. The number of carbonyl (C=O) groups is 1. The number of benzene rings is 1. The van der Waals surface area contributed by atoms with Crippen LogP contribution in [-0.4, -0.2) is 21.5 Å². The quantitative estimate of drug-likeness (QED) is 0.941. The van der Waals surface area contributed by atoms with Crippen molar-refractivity contribution in [2.24, 2.45) is 0 Å². The first-order chi connectivity index (χ1) is 10.6. The number of fused-ring (bicyclic) bond motifs is 1. The molecule has 1 amide bonds. The first-order valence-electron chi connectivity index (χ1n) is 7.35. The average Bonchev–Trinajstić information content (AvgIpc) is 2.96. The summed E-state index contributed by atoms with van der Waals surface area (Å²) in [6.07, 6.45) is 6.05. The minimum Gasteiger partial charge on any atom is -0.352 e.